The van der Waals surface area contributed by atoms with Gasteiger partial charge in [-0.1, -0.05) is 23.7 Å². The number of hydrogen-bond donors (Lipinski definition) is 2. The van der Waals surface area contributed by atoms with Gasteiger partial charge < -0.3 is 4.74 Å². The molecule has 4 rings (SSSR count). The van der Waals surface area contributed by atoms with Gasteiger partial charge in [-0.3, -0.25) is 13.9 Å². The number of nitrogens with zero attached hydrogens (tertiary/aromatic N) is 3. The minimum absolute atomic E-state index is 0.00552. The number of aromatic nitrogens is 3. The van der Waals surface area contributed by atoms with Crippen LogP contribution in [0.15, 0.2) is 64.4 Å². The molecule has 2 aromatic heterocycles. The highest BCUT2D eigenvalue weighted by atomic mass is 35.5. The Bertz CT molecular complexity index is 1340. The third-order valence-electron chi connectivity index (χ3n) is 4.78. The first-order chi connectivity index (χ1) is 15.6. The van der Waals surface area contributed by atoms with Crippen LogP contribution in [0.2, 0.25) is 5.02 Å². The molecule has 0 aliphatic rings. The Balaban J connectivity index is 2.09. The van der Waals surface area contributed by atoms with Crippen LogP contribution in [-0.4, -0.2) is 37.1 Å². The lowest BCUT2D eigenvalue weighted by molar-refractivity contribution is -0.141. The predicted octanol–water partition coefficient (Wildman–Crippen LogP) is 6.06. The second-order valence-corrected chi connectivity index (χ2v) is 9.24. The maximum absolute atomic E-state index is 13.4. The van der Waals surface area contributed by atoms with E-state index in [4.69, 9.17) is 16.3 Å². The molecule has 2 N–H and O–H groups in total. The highest BCUT2D eigenvalue weighted by Gasteiger charge is 2.36. The summed E-state index contributed by atoms with van der Waals surface area (Å²) in [6.45, 7) is 0. The molecular weight excluding hydrogens is 483 g/mol. The first-order valence-electron chi connectivity index (χ1n) is 9.20. The number of aldehydes is 1. The van der Waals surface area contributed by atoms with Crippen LogP contribution < -0.4 is 4.74 Å². The van der Waals surface area contributed by atoms with Crippen LogP contribution in [0.3, 0.4) is 0 Å². The SMILES string of the molecule is COc1ccc(S(O)(O)c2c(C=O)nc3cc(C(F)(F)F)nn3c2-c2ccc(Cl)cc2)cc1. The largest absolute Gasteiger partial charge is 0.497 e. The van der Waals surface area contributed by atoms with E-state index in [-0.39, 0.29) is 33.0 Å². The van der Waals surface area contributed by atoms with Crippen LogP contribution in [0, 0.1) is 0 Å². The Morgan fingerprint density at radius 1 is 1.09 bits per heavy atom. The Labute approximate surface area is 191 Å². The maximum atomic E-state index is 13.4. The molecule has 0 amide bonds. The number of methoxy groups -OCH3 is 1. The van der Waals surface area contributed by atoms with Gasteiger partial charge in [-0.2, -0.15) is 18.3 Å². The van der Waals surface area contributed by atoms with Gasteiger partial charge in [0.15, 0.2) is 17.6 Å². The molecule has 4 aromatic rings. The van der Waals surface area contributed by atoms with Crippen LogP contribution in [0.25, 0.3) is 16.9 Å². The lowest BCUT2D eigenvalue weighted by Gasteiger charge is -2.35. The van der Waals surface area contributed by atoms with Crippen molar-refractivity contribution in [3.63, 3.8) is 0 Å². The van der Waals surface area contributed by atoms with E-state index in [0.717, 1.165) is 4.52 Å². The van der Waals surface area contributed by atoms with E-state index in [2.05, 4.69) is 10.1 Å². The number of alkyl halides is 3. The molecule has 33 heavy (non-hydrogen) atoms. The molecule has 2 aromatic carbocycles. The quantitative estimate of drug-likeness (QED) is 0.325. The summed E-state index contributed by atoms with van der Waals surface area (Å²) >= 11 is 5.95. The fourth-order valence-corrected chi connectivity index (χ4v) is 4.99. The molecule has 2 heterocycles. The Morgan fingerprint density at radius 2 is 1.73 bits per heavy atom. The van der Waals surface area contributed by atoms with E-state index < -0.39 is 28.2 Å². The lowest BCUT2D eigenvalue weighted by atomic mass is 10.1. The standard InChI is InChI=1S/C21H15ClF3N3O4S/c1-32-14-6-8-15(9-7-14)33(30,31)20-16(11-29)26-18-10-17(21(23,24)25)27-28(18)19(20)12-2-4-13(22)5-3-12/h2-11,30-31H,1H3. The molecule has 0 unspecified atom stereocenters. The van der Waals surface area contributed by atoms with Crippen molar-refractivity contribution >= 4 is 34.1 Å². The highest BCUT2D eigenvalue weighted by Crippen LogP contribution is 2.59. The molecule has 12 heteroatoms. The van der Waals surface area contributed by atoms with Crippen molar-refractivity contribution in [3.8, 4) is 17.0 Å². The van der Waals surface area contributed by atoms with Crippen LogP contribution in [0.1, 0.15) is 16.2 Å². The lowest BCUT2D eigenvalue weighted by Crippen LogP contribution is -2.12. The summed E-state index contributed by atoms with van der Waals surface area (Å²) in [6.07, 6.45) is -4.53. The molecule has 0 aliphatic heterocycles. The van der Waals surface area contributed by atoms with E-state index in [1.54, 1.807) is 0 Å². The number of carbonyl (C=O) groups excluding carboxylic acids is 1. The van der Waals surface area contributed by atoms with E-state index >= 15 is 0 Å². The van der Waals surface area contributed by atoms with Crippen LogP contribution >= 0.6 is 22.2 Å². The van der Waals surface area contributed by atoms with E-state index in [1.807, 2.05) is 0 Å². The first-order valence-corrected chi connectivity index (χ1v) is 11.1. The Hall–Kier alpha value is -3.12. The van der Waals surface area contributed by atoms with Crippen molar-refractivity contribution < 1.29 is 31.8 Å². The molecular formula is C21H15ClF3N3O4S. The topological polar surface area (TPSA) is 96.9 Å². The third-order valence-corrected chi connectivity index (χ3v) is 6.93. The monoisotopic (exact) mass is 497 g/mol. The zero-order valence-electron chi connectivity index (χ0n) is 16.7. The van der Waals surface area contributed by atoms with Gasteiger partial charge in [0.1, 0.15) is 22.0 Å². The van der Waals surface area contributed by atoms with Gasteiger partial charge in [0.2, 0.25) is 0 Å². The van der Waals surface area contributed by atoms with E-state index in [0.29, 0.717) is 16.8 Å². The summed E-state index contributed by atoms with van der Waals surface area (Å²) in [4.78, 5) is 15.5. The molecule has 0 spiro atoms. The van der Waals surface area contributed by atoms with Crippen molar-refractivity contribution in [2.75, 3.05) is 7.11 Å². The van der Waals surface area contributed by atoms with Gasteiger partial charge in [0, 0.05) is 16.7 Å². The van der Waals surface area contributed by atoms with Crippen LogP contribution in [0.5, 0.6) is 5.75 Å². The second-order valence-electron chi connectivity index (χ2n) is 6.82. The van der Waals surface area contributed by atoms with Gasteiger partial charge in [-0.05, 0) is 36.4 Å². The summed E-state index contributed by atoms with van der Waals surface area (Å²) in [5.41, 5.74) is -1.86. The smallest absolute Gasteiger partial charge is 0.435 e. The molecule has 0 bridgehead atoms. The van der Waals surface area contributed by atoms with Crippen LogP contribution in [0.4, 0.5) is 13.2 Å². The molecule has 0 saturated carbocycles. The summed E-state index contributed by atoms with van der Waals surface area (Å²) < 4.78 is 68.6. The van der Waals surface area contributed by atoms with Crippen molar-refractivity contribution in [3.05, 3.63) is 71.0 Å². The van der Waals surface area contributed by atoms with Gasteiger partial charge in [0.25, 0.3) is 0 Å². The van der Waals surface area contributed by atoms with E-state index in [9.17, 15) is 27.1 Å². The van der Waals surface area contributed by atoms with Crippen molar-refractivity contribution in [1.82, 2.24) is 14.6 Å². The normalized spacial score (nSPS) is 12.7. The summed E-state index contributed by atoms with van der Waals surface area (Å²) in [6, 6.07) is 12.3. The highest BCUT2D eigenvalue weighted by molar-refractivity contribution is 8.24. The number of benzene rings is 2. The Morgan fingerprint density at radius 3 is 2.27 bits per heavy atom. The number of carbonyl (C=O) groups is 1. The number of rotatable bonds is 5. The van der Waals surface area contributed by atoms with Gasteiger partial charge in [0.05, 0.1) is 12.0 Å². The predicted molar refractivity (Wildman–Crippen MR) is 116 cm³/mol. The summed E-state index contributed by atoms with van der Waals surface area (Å²) in [7, 11) is -2.50. The third kappa shape index (κ3) is 4.15. The molecule has 172 valence electrons. The minimum atomic E-state index is -4.79. The van der Waals surface area contributed by atoms with Gasteiger partial charge in [-0.15, -0.1) is 10.6 Å². The van der Waals surface area contributed by atoms with Gasteiger partial charge >= 0.3 is 6.18 Å². The second kappa shape index (κ2) is 8.34. The van der Waals surface area contributed by atoms with Crippen LogP contribution in [-0.2, 0) is 6.18 Å². The number of ether oxygens (including phenoxy) is 1. The summed E-state index contributed by atoms with van der Waals surface area (Å²) in [5, 5.41) is 3.95. The number of fused-ring (bicyclic) bond motifs is 1. The molecule has 0 fully saturated rings. The number of halogens is 4. The van der Waals surface area contributed by atoms with Crippen molar-refractivity contribution in [2.24, 2.45) is 0 Å². The first kappa shape index (κ1) is 23.1. The average molecular weight is 498 g/mol. The maximum Gasteiger partial charge on any atom is 0.435 e. The molecule has 0 radical (unpaired) electrons. The van der Waals surface area contributed by atoms with E-state index in [1.165, 1.54) is 55.6 Å². The molecule has 7 nitrogen and oxygen atoms in total. The zero-order valence-corrected chi connectivity index (χ0v) is 18.3. The average Bonchev–Trinajstić information content (AvgIpc) is 3.23. The zero-order chi connectivity index (χ0) is 24.0. The fraction of sp³-hybridized carbons (Fsp3) is 0.0952. The van der Waals surface area contributed by atoms with Gasteiger partial charge in [-0.25, -0.2) is 9.50 Å². The fourth-order valence-electron chi connectivity index (χ4n) is 3.25. The van der Waals surface area contributed by atoms with Crippen molar-refractivity contribution in [2.45, 2.75) is 16.0 Å². The molecule has 0 aliphatic carbocycles. The minimum Gasteiger partial charge on any atom is -0.497 e. The number of hydrogen-bond acceptors (Lipinski definition) is 6. The molecule has 0 saturated heterocycles. The summed E-state index contributed by atoms with van der Waals surface area (Å²) in [5.74, 6) is 0.443. The Kier molecular flexibility index (Phi) is 5.83. The van der Waals surface area contributed by atoms with Crippen molar-refractivity contribution in [1.29, 1.82) is 0 Å². The molecule has 0 atom stereocenters.